The lowest BCUT2D eigenvalue weighted by molar-refractivity contribution is 0.0993. The number of Topliss-reactive ketones (excluding diaryl/α,β-unsaturated/α-hetero) is 1. The van der Waals surface area contributed by atoms with Gasteiger partial charge in [-0.25, -0.2) is 4.39 Å². The second-order valence-electron chi connectivity index (χ2n) is 2.64. The number of benzene rings is 1. The lowest BCUT2D eigenvalue weighted by atomic mass is 10.1. The number of hydrogen-bond acceptors (Lipinski definition) is 2. The molecule has 13 heavy (non-hydrogen) atoms. The van der Waals surface area contributed by atoms with Gasteiger partial charge < -0.3 is 0 Å². The van der Waals surface area contributed by atoms with Gasteiger partial charge >= 0.3 is 0 Å². The molecule has 0 fully saturated rings. The predicted octanol–water partition coefficient (Wildman–Crippen LogP) is 3.08. The van der Waals surface area contributed by atoms with Gasteiger partial charge in [0.05, 0.1) is 4.83 Å². The highest BCUT2D eigenvalue weighted by Gasteiger charge is 2.14. The fourth-order valence-electron chi connectivity index (χ4n) is 0.927. The zero-order valence-electron chi connectivity index (χ0n) is 6.92. The quantitative estimate of drug-likeness (QED) is 0.493. The molecular formula is C9H8BrFOS. The van der Waals surface area contributed by atoms with Crippen molar-refractivity contribution in [3.63, 3.8) is 0 Å². The van der Waals surface area contributed by atoms with Crippen molar-refractivity contribution in [1.29, 1.82) is 0 Å². The van der Waals surface area contributed by atoms with Gasteiger partial charge in [0.25, 0.3) is 0 Å². The molecule has 0 saturated carbocycles. The minimum Gasteiger partial charge on any atom is -0.293 e. The van der Waals surface area contributed by atoms with Crippen LogP contribution in [0.2, 0.25) is 0 Å². The van der Waals surface area contributed by atoms with Crippen LogP contribution in [-0.2, 0) is 0 Å². The van der Waals surface area contributed by atoms with E-state index >= 15 is 0 Å². The molecule has 1 aromatic rings. The molecule has 0 heterocycles. The van der Waals surface area contributed by atoms with Crippen molar-refractivity contribution in [2.45, 2.75) is 16.6 Å². The third-order valence-electron chi connectivity index (χ3n) is 1.59. The lowest BCUT2D eigenvalue weighted by Crippen LogP contribution is -2.10. The van der Waals surface area contributed by atoms with Gasteiger partial charge in [0, 0.05) is 10.5 Å². The summed E-state index contributed by atoms with van der Waals surface area (Å²) in [5.74, 6) is -0.478. The topological polar surface area (TPSA) is 17.1 Å². The van der Waals surface area contributed by atoms with E-state index in [0.717, 1.165) is 0 Å². The lowest BCUT2D eigenvalue weighted by Gasteiger charge is -2.05. The van der Waals surface area contributed by atoms with Crippen molar-refractivity contribution >= 4 is 34.3 Å². The maximum Gasteiger partial charge on any atom is 0.177 e. The Morgan fingerprint density at radius 3 is 2.69 bits per heavy atom. The first-order chi connectivity index (χ1) is 6.02. The molecule has 1 nitrogen and oxygen atoms in total. The Morgan fingerprint density at radius 2 is 2.23 bits per heavy atom. The van der Waals surface area contributed by atoms with Crippen molar-refractivity contribution < 1.29 is 9.18 Å². The molecule has 1 atom stereocenters. The van der Waals surface area contributed by atoms with Crippen LogP contribution in [0.4, 0.5) is 4.39 Å². The molecule has 0 aliphatic carbocycles. The van der Waals surface area contributed by atoms with Crippen molar-refractivity contribution in [3.05, 3.63) is 29.6 Å². The van der Waals surface area contributed by atoms with Crippen molar-refractivity contribution in [1.82, 2.24) is 0 Å². The third-order valence-corrected chi connectivity index (χ3v) is 2.37. The summed E-state index contributed by atoms with van der Waals surface area (Å²) in [6.45, 7) is 1.72. The van der Waals surface area contributed by atoms with E-state index in [4.69, 9.17) is 0 Å². The predicted molar refractivity (Wildman–Crippen MR) is 56.4 cm³/mol. The highest BCUT2D eigenvalue weighted by atomic mass is 79.9. The molecule has 0 bridgehead atoms. The summed E-state index contributed by atoms with van der Waals surface area (Å²) in [4.78, 5) is 11.6. The molecule has 0 aromatic heterocycles. The van der Waals surface area contributed by atoms with Crippen LogP contribution in [0.1, 0.15) is 17.3 Å². The van der Waals surface area contributed by atoms with Crippen LogP contribution in [-0.4, -0.2) is 10.6 Å². The monoisotopic (exact) mass is 262 g/mol. The maximum absolute atomic E-state index is 12.6. The van der Waals surface area contributed by atoms with Crippen molar-refractivity contribution in [2.75, 3.05) is 0 Å². The van der Waals surface area contributed by atoms with Crippen LogP contribution in [0.25, 0.3) is 0 Å². The molecule has 1 unspecified atom stereocenters. The van der Waals surface area contributed by atoms with Gasteiger partial charge in [-0.2, -0.15) is 0 Å². The Morgan fingerprint density at radius 1 is 1.62 bits per heavy atom. The normalized spacial score (nSPS) is 12.6. The highest BCUT2D eigenvalue weighted by molar-refractivity contribution is 9.10. The van der Waals surface area contributed by atoms with E-state index in [-0.39, 0.29) is 16.4 Å². The van der Waals surface area contributed by atoms with Crippen LogP contribution >= 0.6 is 28.6 Å². The van der Waals surface area contributed by atoms with Gasteiger partial charge in [-0.15, -0.1) is 12.6 Å². The van der Waals surface area contributed by atoms with Crippen LogP contribution in [0.5, 0.6) is 0 Å². The SMILES string of the molecule is CC(Br)C(=O)c1ccc(F)cc1S. The van der Waals surface area contributed by atoms with E-state index in [1.54, 1.807) is 6.92 Å². The summed E-state index contributed by atoms with van der Waals surface area (Å²) in [6.07, 6.45) is 0. The molecule has 0 spiro atoms. The summed E-state index contributed by atoms with van der Waals surface area (Å²) in [5.41, 5.74) is 0.439. The molecule has 1 aromatic carbocycles. The van der Waals surface area contributed by atoms with E-state index < -0.39 is 0 Å². The molecular weight excluding hydrogens is 255 g/mol. The van der Waals surface area contributed by atoms with Crippen LogP contribution in [0.3, 0.4) is 0 Å². The van der Waals surface area contributed by atoms with E-state index in [1.807, 2.05) is 0 Å². The number of alkyl halides is 1. The highest BCUT2D eigenvalue weighted by Crippen LogP contribution is 2.19. The number of rotatable bonds is 2. The molecule has 0 radical (unpaired) electrons. The summed E-state index contributed by atoms with van der Waals surface area (Å²) < 4.78 is 12.6. The number of ketones is 1. The molecule has 0 saturated heterocycles. The Balaban J connectivity index is 3.09. The molecule has 0 aliphatic heterocycles. The van der Waals surface area contributed by atoms with E-state index in [2.05, 4.69) is 28.6 Å². The molecule has 0 aliphatic rings. The minimum atomic E-state index is -0.385. The standard InChI is InChI=1S/C9H8BrFOS/c1-5(10)9(12)7-3-2-6(11)4-8(7)13/h2-5,13H,1H3. The first kappa shape index (κ1) is 10.7. The van der Waals surface area contributed by atoms with Gasteiger partial charge in [0.15, 0.2) is 5.78 Å². The molecule has 70 valence electrons. The zero-order valence-corrected chi connectivity index (χ0v) is 9.40. The maximum atomic E-state index is 12.6. The largest absolute Gasteiger partial charge is 0.293 e. The summed E-state index contributed by atoms with van der Waals surface area (Å²) in [7, 11) is 0. The van der Waals surface area contributed by atoms with E-state index in [1.165, 1.54) is 18.2 Å². The second-order valence-corrected chi connectivity index (χ2v) is 4.50. The van der Waals surface area contributed by atoms with Gasteiger partial charge in [0.1, 0.15) is 5.82 Å². The average Bonchev–Trinajstić information content (AvgIpc) is 2.03. The number of halogens is 2. The first-order valence-electron chi connectivity index (χ1n) is 3.69. The zero-order chi connectivity index (χ0) is 10.0. The fraction of sp³-hybridized carbons (Fsp3) is 0.222. The van der Waals surface area contributed by atoms with Crippen LogP contribution in [0, 0.1) is 5.82 Å². The average molecular weight is 263 g/mol. The van der Waals surface area contributed by atoms with Crippen LogP contribution in [0.15, 0.2) is 23.1 Å². The number of hydrogen-bond donors (Lipinski definition) is 1. The first-order valence-corrected chi connectivity index (χ1v) is 5.05. The van der Waals surface area contributed by atoms with Gasteiger partial charge in [-0.05, 0) is 25.1 Å². The third kappa shape index (κ3) is 2.54. The Hall–Kier alpha value is -0.350. The number of carbonyl (C=O) groups is 1. The summed E-state index contributed by atoms with van der Waals surface area (Å²) in [5, 5.41) is 0. The summed E-state index contributed by atoms with van der Waals surface area (Å²) in [6, 6.07) is 3.92. The molecule has 1 rings (SSSR count). The number of thiol groups is 1. The Labute approximate surface area is 89.9 Å². The number of carbonyl (C=O) groups excluding carboxylic acids is 1. The molecule has 0 amide bonds. The molecule has 4 heteroatoms. The molecule has 0 N–H and O–H groups in total. The van der Waals surface area contributed by atoms with Crippen molar-refractivity contribution in [2.24, 2.45) is 0 Å². The van der Waals surface area contributed by atoms with E-state index in [9.17, 15) is 9.18 Å². The minimum absolute atomic E-state index is 0.0926. The van der Waals surface area contributed by atoms with E-state index in [0.29, 0.717) is 10.5 Å². The Bertz CT molecular complexity index is 338. The van der Waals surface area contributed by atoms with Gasteiger partial charge in [-0.3, -0.25) is 4.79 Å². The van der Waals surface area contributed by atoms with Crippen LogP contribution < -0.4 is 0 Å². The smallest absolute Gasteiger partial charge is 0.177 e. The van der Waals surface area contributed by atoms with Gasteiger partial charge in [0.2, 0.25) is 0 Å². The van der Waals surface area contributed by atoms with Gasteiger partial charge in [-0.1, -0.05) is 15.9 Å². The Kier molecular flexibility index (Phi) is 3.50. The second kappa shape index (κ2) is 4.24. The fourth-order valence-corrected chi connectivity index (χ4v) is 1.48. The van der Waals surface area contributed by atoms with Crippen molar-refractivity contribution in [3.8, 4) is 0 Å². The summed E-state index contributed by atoms with van der Waals surface area (Å²) >= 11 is 7.17.